The summed E-state index contributed by atoms with van der Waals surface area (Å²) in [4.78, 5) is 17.8. The average molecular weight is 369 g/mol. The van der Waals surface area contributed by atoms with Gasteiger partial charge >= 0.3 is 0 Å². The molecule has 0 saturated heterocycles. The van der Waals surface area contributed by atoms with Crippen molar-refractivity contribution in [1.29, 1.82) is 0 Å². The lowest BCUT2D eigenvalue weighted by molar-refractivity contribution is -0.131. The third-order valence-corrected chi connectivity index (χ3v) is 5.10. The van der Waals surface area contributed by atoms with Gasteiger partial charge in [0.05, 0.1) is 11.6 Å². The van der Waals surface area contributed by atoms with Crippen LogP contribution in [0.1, 0.15) is 29.9 Å². The number of nitrogens with one attached hydrogen (secondary N) is 1. The molecule has 0 spiro atoms. The predicted octanol–water partition coefficient (Wildman–Crippen LogP) is 3.83. The number of hydrogen-bond acceptors (Lipinski definition) is 4. The predicted molar refractivity (Wildman–Crippen MR) is 108 cm³/mol. The van der Waals surface area contributed by atoms with E-state index in [1.54, 1.807) is 11.8 Å². The molecular formula is C21H24N2O2S. The minimum atomic E-state index is -0.533. The van der Waals surface area contributed by atoms with Crippen LogP contribution in [0.5, 0.6) is 0 Å². The van der Waals surface area contributed by atoms with Crippen molar-refractivity contribution < 1.29 is 9.63 Å². The summed E-state index contributed by atoms with van der Waals surface area (Å²) in [6, 6.07) is 20.5. The number of hydrogen-bond donors (Lipinski definition) is 1. The average Bonchev–Trinajstić information content (AvgIpc) is 3.17. The van der Waals surface area contributed by atoms with Crippen molar-refractivity contribution in [3.8, 4) is 0 Å². The van der Waals surface area contributed by atoms with Gasteiger partial charge < -0.3 is 10.2 Å². The van der Waals surface area contributed by atoms with Crippen molar-refractivity contribution in [2.24, 2.45) is 5.16 Å². The Balaban J connectivity index is 1.70. The normalized spacial score (nSPS) is 16.2. The number of thioether (sulfide) groups is 1. The smallest absolute Gasteiger partial charge is 0.264 e. The molecule has 1 unspecified atom stereocenters. The Morgan fingerprint density at radius 1 is 1.15 bits per heavy atom. The third kappa shape index (κ3) is 4.67. The highest BCUT2D eigenvalue weighted by Crippen LogP contribution is 2.31. The number of carbonyl (C=O) groups is 1. The molecule has 0 aromatic heterocycles. The zero-order valence-corrected chi connectivity index (χ0v) is 15.7. The Hall–Kier alpha value is -2.27. The van der Waals surface area contributed by atoms with Crippen molar-refractivity contribution in [2.75, 3.05) is 18.6 Å². The molecule has 1 aliphatic heterocycles. The zero-order valence-electron chi connectivity index (χ0n) is 14.9. The van der Waals surface area contributed by atoms with Gasteiger partial charge in [0.2, 0.25) is 6.10 Å². The van der Waals surface area contributed by atoms with Crippen molar-refractivity contribution >= 4 is 23.4 Å². The van der Waals surface area contributed by atoms with Gasteiger partial charge in [0.1, 0.15) is 0 Å². The lowest BCUT2D eigenvalue weighted by atomic mass is 9.85. The summed E-state index contributed by atoms with van der Waals surface area (Å²) in [7, 11) is 0. The van der Waals surface area contributed by atoms with E-state index in [1.807, 2.05) is 36.4 Å². The molecule has 136 valence electrons. The van der Waals surface area contributed by atoms with Gasteiger partial charge in [0.25, 0.3) is 5.91 Å². The standard InChI is InChI=1S/C21H24N2O2S/c1-26-14-8-13-22-21(24)19-15-18(23-25-19)20(16-9-4-2-5-10-16)17-11-6-3-7-12-17/h2-7,9-12,19-20H,8,13-15H2,1H3,(H,22,24). The van der Waals surface area contributed by atoms with Crippen LogP contribution >= 0.6 is 11.8 Å². The monoisotopic (exact) mass is 368 g/mol. The summed E-state index contributed by atoms with van der Waals surface area (Å²) in [6.45, 7) is 0.676. The number of amides is 1. The molecule has 0 fully saturated rings. The molecule has 1 N–H and O–H groups in total. The van der Waals surface area contributed by atoms with Gasteiger partial charge in [-0.1, -0.05) is 65.8 Å². The highest BCUT2D eigenvalue weighted by molar-refractivity contribution is 7.98. The maximum absolute atomic E-state index is 12.3. The first-order chi connectivity index (χ1) is 12.8. The minimum absolute atomic E-state index is 0.00620. The van der Waals surface area contributed by atoms with E-state index in [0.29, 0.717) is 13.0 Å². The van der Waals surface area contributed by atoms with E-state index in [4.69, 9.17) is 4.84 Å². The second kappa shape index (κ2) is 9.43. The molecule has 1 aliphatic rings. The second-order valence-corrected chi connectivity index (χ2v) is 7.26. The van der Waals surface area contributed by atoms with Gasteiger partial charge in [-0.2, -0.15) is 11.8 Å². The van der Waals surface area contributed by atoms with E-state index in [0.717, 1.165) is 29.0 Å². The molecule has 5 heteroatoms. The van der Waals surface area contributed by atoms with E-state index in [-0.39, 0.29) is 11.8 Å². The Bertz CT molecular complexity index is 695. The van der Waals surface area contributed by atoms with Crippen LogP contribution in [0.3, 0.4) is 0 Å². The van der Waals surface area contributed by atoms with Gasteiger partial charge in [-0.15, -0.1) is 0 Å². The first-order valence-electron chi connectivity index (χ1n) is 8.88. The Morgan fingerprint density at radius 3 is 2.35 bits per heavy atom. The Labute approximate surface area is 159 Å². The molecule has 0 saturated carbocycles. The van der Waals surface area contributed by atoms with Crippen LogP contribution in [0.15, 0.2) is 65.8 Å². The summed E-state index contributed by atoms with van der Waals surface area (Å²) >= 11 is 1.78. The number of rotatable bonds is 8. The summed E-state index contributed by atoms with van der Waals surface area (Å²) in [6.07, 6.45) is 3.01. The Morgan fingerprint density at radius 2 is 1.77 bits per heavy atom. The van der Waals surface area contributed by atoms with Gasteiger partial charge in [0.15, 0.2) is 0 Å². The molecule has 0 radical (unpaired) electrons. The van der Waals surface area contributed by atoms with Crippen LogP contribution in [-0.4, -0.2) is 36.3 Å². The zero-order chi connectivity index (χ0) is 18.2. The molecule has 1 amide bonds. The van der Waals surface area contributed by atoms with Crippen molar-refractivity contribution in [3.63, 3.8) is 0 Å². The van der Waals surface area contributed by atoms with Crippen molar-refractivity contribution in [2.45, 2.75) is 24.9 Å². The first kappa shape index (κ1) is 18.5. The highest BCUT2D eigenvalue weighted by Gasteiger charge is 2.33. The molecule has 0 bridgehead atoms. The molecule has 0 aliphatic carbocycles. The quantitative estimate of drug-likeness (QED) is 0.721. The van der Waals surface area contributed by atoms with Crippen molar-refractivity contribution in [1.82, 2.24) is 5.32 Å². The summed E-state index contributed by atoms with van der Waals surface area (Å²) in [5, 5.41) is 7.24. The van der Waals surface area contributed by atoms with E-state index in [1.165, 1.54) is 0 Å². The van der Waals surface area contributed by atoms with Crippen LogP contribution in [0.2, 0.25) is 0 Å². The van der Waals surface area contributed by atoms with E-state index >= 15 is 0 Å². The molecular weight excluding hydrogens is 344 g/mol. The molecule has 3 rings (SSSR count). The summed E-state index contributed by atoms with van der Waals surface area (Å²) in [5.74, 6) is 0.967. The highest BCUT2D eigenvalue weighted by atomic mass is 32.2. The SMILES string of the molecule is CSCCCNC(=O)C1CC(C(c2ccccc2)c2ccccc2)=NO1. The fourth-order valence-corrected chi connectivity index (χ4v) is 3.55. The molecule has 26 heavy (non-hydrogen) atoms. The molecule has 2 aromatic carbocycles. The first-order valence-corrected chi connectivity index (χ1v) is 10.3. The number of benzene rings is 2. The van der Waals surface area contributed by atoms with E-state index in [2.05, 4.69) is 41.0 Å². The van der Waals surface area contributed by atoms with E-state index < -0.39 is 6.10 Å². The fourth-order valence-electron chi connectivity index (χ4n) is 3.12. The van der Waals surface area contributed by atoms with Crippen LogP contribution in [0, 0.1) is 0 Å². The number of nitrogens with zero attached hydrogens (tertiary/aromatic N) is 1. The van der Waals surface area contributed by atoms with Crippen LogP contribution in [0.25, 0.3) is 0 Å². The van der Waals surface area contributed by atoms with E-state index in [9.17, 15) is 4.79 Å². The van der Waals surface area contributed by atoms with Gasteiger partial charge in [-0.05, 0) is 29.6 Å². The fraction of sp³-hybridized carbons (Fsp3) is 0.333. The Kier molecular flexibility index (Phi) is 6.72. The second-order valence-electron chi connectivity index (χ2n) is 6.27. The van der Waals surface area contributed by atoms with Crippen molar-refractivity contribution in [3.05, 3.63) is 71.8 Å². The summed E-state index contributed by atoms with van der Waals surface area (Å²) < 4.78 is 0. The van der Waals surface area contributed by atoms with Crippen LogP contribution < -0.4 is 5.32 Å². The maximum Gasteiger partial charge on any atom is 0.264 e. The van der Waals surface area contributed by atoms with Gasteiger partial charge in [-0.3, -0.25) is 4.79 Å². The lowest BCUT2D eigenvalue weighted by Gasteiger charge is -2.17. The maximum atomic E-state index is 12.3. The third-order valence-electron chi connectivity index (χ3n) is 4.41. The van der Waals surface area contributed by atoms with Crippen LogP contribution in [-0.2, 0) is 9.63 Å². The number of carbonyl (C=O) groups excluding carboxylic acids is 1. The largest absolute Gasteiger partial charge is 0.382 e. The van der Waals surface area contributed by atoms with Crippen LogP contribution in [0.4, 0.5) is 0 Å². The molecule has 2 aromatic rings. The van der Waals surface area contributed by atoms with Gasteiger partial charge in [0, 0.05) is 13.0 Å². The van der Waals surface area contributed by atoms with Gasteiger partial charge in [-0.25, -0.2) is 0 Å². The minimum Gasteiger partial charge on any atom is -0.382 e. The molecule has 4 nitrogen and oxygen atoms in total. The summed E-state index contributed by atoms with van der Waals surface area (Å²) in [5.41, 5.74) is 3.20. The topological polar surface area (TPSA) is 50.7 Å². The lowest BCUT2D eigenvalue weighted by Crippen LogP contribution is -2.35. The molecule has 1 atom stereocenters. The molecule has 1 heterocycles. The number of oxime groups is 1.